The first-order valence-corrected chi connectivity index (χ1v) is 11.3. The third-order valence-corrected chi connectivity index (χ3v) is 6.49. The van der Waals surface area contributed by atoms with Crippen LogP contribution in [0.25, 0.3) is 27.6 Å². The summed E-state index contributed by atoms with van der Waals surface area (Å²) in [5.74, 6) is 0.320. The van der Waals surface area contributed by atoms with Crippen molar-refractivity contribution >= 4 is 39.4 Å². The lowest BCUT2D eigenvalue weighted by Crippen LogP contribution is -2.32. The van der Waals surface area contributed by atoms with Gasteiger partial charge in [-0.15, -0.1) is 0 Å². The lowest BCUT2D eigenvalue weighted by Gasteiger charge is -2.28. The molecule has 3 aromatic heterocycles. The van der Waals surface area contributed by atoms with Crippen molar-refractivity contribution in [2.75, 3.05) is 11.4 Å². The summed E-state index contributed by atoms with van der Waals surface area (Å²) in [4.78, 5) is 48.4. The van der Waals surface area contributed by atoms with E-state index in [1.54, 1.807) is 24.3 Å². The highest BCUT2D eigenvalue weighted by atomic mass is 35.5. The van der Waals surface area contributed by atoms with Crippen molar-refractivity contribution in [1.82, 2.24) is 29.5 Å². The second kappa shape index (κ2) is 8.24. The Kier molecular flexibility index (Phi) is 5.03. The molecular weight excluding hydrogens is 473 g/mol. The highest BCUT2D eigenvalue weighted by Crippen LogP contribution is 2.37. The lowest BCUT2D eigenvalue weighted by atomic mass is 10.1. The maximum Gasteiger partial charge on any atom is 0.267 e. The number of nitrogens with one attached hydrogen (secondary N) is 1. The quantitative estimate of drug-likeness (QED) is 0.412. The summed E-state index contributed by atoms with van der Waals surface area (Å²) in [6.45, 7) is 0.567. The van der Waals surface area contributed by atoms with Crippen molar-refractivity contribution in [3.05, 3.63) is 92.5 Å². The topological polar surface area (TPSA) is 110 Å². The standard InChI is InChI=1S/C24H17ClFN7O2/c25-15-6-2-7-16-18(15)24(35)33(14-5-1-4-13(26)10-14)21(31-16)17-8-3-9-32(17)22-19-20(27-11-29-22)28-12-30-23(19)34/h1-2,4-7,10-12,17H,3,8-9H2,(H,27,28,29,30,34)/t17-/m0/s1. The fourth-order valence-electron chi connectivity index (χ4n) is 4.69. The van der Waals surface area contributed by atoms with Crippen molar-refractivity contribution in [1.29, 1.82) is 0 Å². The first-order chi connectivity index (χ1) is 17.0. The molecule has 9 nitrogen and oxygen atoms in total. The number of fused-ring (bicyclic) bond motifs is 2. The molecule has 1 saturated heterocycles. The molecule has 6 rings (SSSR count). The molecule has 1 fully saturated rings. The van der Waals surface area contributed by atoms with E-state index < -0.39 is 17.4 Å². The number of aromatic nitrogens is 6. The van der Waals surface area contributed by atoms with Crippen LogP contribution in [0, 0.1) is 5.82 Å². The van der Waals surface area contributed by atoms with E-state index in [2.05, 4.69) is 19.9 Å². The van der Waals surface area contributed by atoms with Gasteiger partial charge < -0.3 is 9.88 Å². The van der Waals surface area contributed by atoms with E-state index >= 15 is 0 Å². The summed E-state index contributed by atoms with van der Waals surface area (Å²) in [6.07, 6.45) is 4.05. The molecule has 174 valence electrons. The van der Waals surface area contributed by atoms with Crippen molar-refractivity contribution in [2.24, 2.45) is 0 Å². The van der Waals surface area contributed by atoms with E-state index in [1.807, 2.05) is 4.90 Å². The Morgan fingerprint density at radius 3 is 2.77 bits per heavy atom. The van der Waals surface area contributed by atoms with Crippen molar-refractivity contribution in [3.63, 3.8) is 0 Å². The van der Waals surface area contributed by atoms with E-state index in [9.17, 15) is 14.0 Å². The van der Waals surface area contributed by atoms with Crippen molar-refractivity contribution in [2.45, 2.75) is 18.9 Å². The molecule has 5 aromatic rings. The lowest BCUT2D eigenvalue weighted by molar-refractivity contribution is 0.617. The second-order valence-corrected chi connectivity index (χ2v) is 8.61. The Morgan fingerprint density at radius 1 is 1.06 bits per heavy atom. The zero-order valence-electron chi connectivity index (χ0n) is 18.2. The number of H-pyrrole nitrogens is 1. The Morgan fingerprint density at radius 2 is 1.91 bits per heavy atom. The van der Waals surface area contributed by atoms with Crippen LogP contribution in [0.2, 0.25) is 5.02 Å². The van der Waals surface area contributed by atoms with E-state index in [1.165, 1.54) is 35.4 Å². The zero-order valence-corrected chi connectivity index (χ0v) is 18.9. The highest BCUT2D eigenvalue weighted by Gasteiger charge is 2.33. The van der Waals surface area contributed by atoms with Gasteiger partial charge in [-0.2, -0.15) is 0 Å². The molecule has 0 unspecified atom stereocenters. The number of aromatic amines is 1. The van der Waals surface area contributed by atoms with E-state index in [0.29, 0.717) is 35.8 Å². The summed E-state index contributed by atoms with van der Waals surface area (Å²) < 4.78 is 15.6. The summed E-state index contributed by atoms with van der Waals surface area (Å²) in [6, 6.07) is 10.4. The minimum absolute atomic E-state index is 0.250. The molecule has 35 heavy (non-hydrogen) atoms. The number of benzene rings is 2. The second-order valence-electron chi connectivity index (χ2n) is 8.20. The fourth-order valence-corrected chi connectivity index (χ4v) is 4.94. The number of hydrogen-bond donors (Lipinski definition) is 1. The number of rotatable bonds is 3. The molecule has 0 aliphatic carbocycles. The predicted octanol–water partition coefficient (Wildman–Crippen LogP) is 3.55. The molecule has 0 saturated carbocycles. The van der Waals surface area contributed by atoms with Crippen LogP contribution in [0.1, 0.15) is 24.7 Å². The van der Waals surface area contributed by atoms with Crippen LogP contribution in [0.3, 0.4) is 0 Å². The van der Waals surface area contributed by atoms with Crippen LogP contribution in [-0.4, -0.2) is 36.0 Å². The molecule has 1 aliphatic heterocycles. The highest BCUT2D eigenvalue weighted by molar-refractivity contribution is 6.35. The van der Waals surface area contributed by atoms with E-state index in [-0.39, 0.29) is 27.0 Å². The minimum atomic E-state index is -0.484. The Labute approximate surface area is 201 Å². The summed E-state index contributed by atoms with van der Waals surface area (Å²) in [5, 5.41) is 0.768. The van der Waals surface area contributed by atoms with Crippen molar-refractivity contribution < 1.29 is 4.39 Å². The molecule has 4 heterocycles. The smallest absolute Gasteiger partial charge is 0.267 e. The monoisotopic (exact) mass is 489 g/mol. The van der Waals surface area contributed by atoms with Gasteiger partial charge in [0, 0.05) is 6.54 Å². The largest absolute Gasteiger partial charge is 0.346 e. The maximum atomic E-state index is 14.2. The van der Waals surface area contributed by atoms with Crippen molar-refractivity contribution in [3.8, 4) is 5.69 Å². The van der Waals surface area contributed by atoms with Crippen LogP contribution in [0.5, 0.6) is 0 Å². The number of anilines is 1. The Bertz CT molecular complexity index is 1730. The van der Waals surface area contributed by atoms with Gasteiger partial charge in [0.05, 0.1) is 34.0 Å². The molecule has 0 spiro atoms. The number of halogens is 2. The van der Waals surface area contributed by atoms with Gasteiger partial charge in [-0.3, -0.25) is 14.2 Å². The van der Waals surface area contributed by atoms with Gasteiger partial charge in [0.2, 0.25) is 0 Å². The molecular formula is C24H17ClFN7O2. The zero-order chi connectivity index (χ0) is 24.1. The molecule has 1 atom stereocenters. The Hall–Kier alpha value is -4.18. The molecule has 0 radical (unpaired) electrons. The number of hydrogen-bond acceptors (Lipinski definition) is 7. The summed E-state index contributed by atoms with van der Waals surface area (Å²) >= 11 is 6.37. The van der Waals surface area contributed by atoms with Gasteiger partial charge in [0.25, 0.3) is 11.1 Å². The SMILES string of the molecule is O=c1[nH]cnc2ncnc(N3CCC[C@H]3c3nc4cccc(Cl)c4c(=O)n3-c3cccc(F)c3)c12. The molecule has 1 N–H and O–H groups in total. The molecule has 0 amide bonds. The molecule has 0 bridgehead atoms. The van der Waals surface area contributed by atoms with E-state index in [4.69, 9.17) is 16.6 Å². The minimum Gasteiger partial charge on any atom is -0.346 e. The number of nitrogens with zero attached hydrogens (tertiary/aromatic N) is 6. The third-order valence-electron chi connectivity index (χ3n) is 6.18. The maximum absolute atomic E-state index is 14.2. The molecule has 2 aromatic carbocycles. The van der Waals surface area contributed by atoms with Gasteiger partial charge in [-0.05, 0) is 43.2 Å². The molecule has 11 heteroatoms. The van der Waals surface area contributed by atoms with Gasteiger partial charge in [0.1, 0.15) is 29.2 Å². The average Bonchev–Trinajstić information content (AvgIpc) is 3.33. The van der Waals surface area contributed by atoms with E-state index in [0.717, 1.165) is 6.42 Å². The first kappa shape index (κ1) is 21.4. The summed E-state index contributed by atoms with van der Waals surface area (Å²) in [7, 11) is 0. The van der Waals surface area contributed by atoms with Gasteiger partial charge in [-0.1, -0.05) is 23.7 Å². The van der Waals surface area contributed by atoms with Crippen LogP contribution in [0.15, 0.2) is 64.7 Å². The molecule has 1 aliphatic rings. The predicted molar refractivity (Wildman–Crippen MR) is 130 cm³/mol. The van der Waals surface area contributed by atoms with Crippen LogP contribution in [0.4, 0.5) is 10.2 Å². The Balaban J connectivity index is 1.63. The first-order valence-electron chi connectivity index (χ1n) is 10.9. The normalized spacial score (nSPS) is 15.8. The van der Waals surface area contributed by atoms with Gasteiger partial charge >= 0.3 is 0 Å². The van der Waals surface area contributed by atoms with Crippen LogP contribution < -0.4 is 16.0 Å². The third kappa shape index (κ3) is 3.45. The van der Waals surface area contributed by atoms with Crippen LogP contribution >= 0.6 is 11.6 Å². The summed E-state index contributed by atoms with van der Waals surface area (Å²) in [5.41, 5.74) is 0.268. The average molecular weight is 490 g/mol. The fraction of sp³-hybridized carbons (Fsp3) is 0.167. The van der Waals surface area contributed by atoms with Gasteiger partial charge in [0.15, 0.2) is 5.65 Å². The van der Waals surface area contributed by atoms with Crippen LogP contribution in [-0.2, 0) is 0 Å². The van der Waals surface area contributed by atoms with Gasteiger partial charge in [-0.25, -0.2) is 24.3 Å².